The lowest BCUT2D eigenvalue weighted by molar-refractivity contribution is 0.143. The number of aryl methyl sites for hydroxylation is 1. The molecule has 2 amide bonds. The molecule has 1 N–H and O–H groups in total. The Morgan fingerprint density at radius 1 is 1.17 bits per heavy atom. The van der Waals surface area contributed by atoms with Crippen LogP contribution in [0, 0.1) is 6.92 Å². The molecule has 0 spiro atoms. The van der Waals surface area contributed by atoms with Gasteiger partial charge in [0.1, 0.15) is 0 Å². The molecule has 120 valence electrons. The summed E-state index contributed by atoms with van der Waals surface area (Å²) >= 11 is 0. The number of hydrogen-bond donors (Lipinski definition) is 1. The number of pyridine rings is 1. The number of aromatic nitrogens is 1. The van der Waals surface area contributed by atoms with E-state index in [0.29, 0.717) is 0 Å². The van der Waals surface area contributed by atoms with E-state index in [1.165, 1.54) is 5.56 Å². The Bertz CT molecular complexity index is 651. The number of amides is 2. The van der Waals surface area contributed by atoms with Gasteiger partial charge >= 0.3 is 6.03 Å². The van der Waals surface area contributed by atoms with Crippen molar-refractivity contribution in [2.45, 2.75) is 13.5 Å². The van der Waals surface area contributed by atoms with Gasteiger partial charge in [0.15, 0.2) is 0 Å². The largest absolute Gasteiger partial charge is 0.322 e. The van der Waals surface area contributed by atoms with Gasteiger partial charge in [0.25, 0.3) is 0 Å². The molecule has 0 bridgehead atoms. The number of carbonyl (C=O) groups is 1. The van der Waals surface area contributed by atoms with E-state index in [1.54, 1.807) is 6.20 Å². The van der Waals surface area contributed by atoms with Crippen LogP contribution in [0.15, 0.2) is 48.8 Å². The number of piperazine rings is 1. The van der Waals surface area contributed by atoms with Crippen LogP contribution in [-0.4, -0.2) is 47.0 Å². The van der Waals surface area contributed by atoms with Crippen molar-refractivity contribution in [1.29, 1.82) is 0 Å². The van der Waals surface area contributed by atoms with Crippen molar-refractivity contribution in [3.8, 4) is 0 Å². The first kappa shape index (κ1) is 15.5. The van der Waals surface area contributed by atoms with E-state index in [2.05, 4.69) is 21.3 Å². The summed E-state index contributed by atoms with van der Waals surface area (Å²) in [5, 5.41) is 2.98. The van der Waals surface area contributed by atoms with Gasteiger partial charge in [-0.2, -0.15) is 0 Å². The minimum absolute atomic E-state index is 0.0170. The molecule has 1 aliphatic heterocycles. The lowest BCUT2D eigenvalue weighted by atomic mass is 10.2. The predicted molar refractivity (Wildman–Crippen MR) is 91.3 cm³/mol. The van der Waals surface area contributed by atoms with Crippen molar-refractivity contribution in [3.05, 3.63) is 59.9 Å². The van der Waals surface area contributed by atoms with Gasteiger partial charge in [0.2, 0.25) is 0 Å². The van der Waals surface area contributed by atoms with E-state index in [0.717, 1.165) is 44.0 Å². The Hall–Kier alpha value is -2.40. The SMILES string of the molecule is Cc1cccc(NC(=O)N2CCN(Cc3cccnc3)CC2)c1. The van der Waals surface area contributed by atoms with Gasteiger partial charge in [0.05, 0.1) is 0 Å². The van der Waals surface area contributed by atoms with E-state index in [-0.39, 0.29) is 6.03 Å². The Balaban J connectivity index is 1.49. The highest BCUT2D eigenvalue weighted by Crippen LogP contribution is 2.12. The normalized spacial score (nSPS) is 15.4. The number of nitrogens with zero attached hydrogens (tertiary/aromatic N) is 3. The van der Waals surface area contributed by atoms with Crippen LogP contribution in [0.5, 0.6) is 0 Å². The van der Waals surface area contributed by atoms with Gasteiger partial charge in [-0.25, -0.2) is 4.79 Å². The van der Waals surface area contributed by atoms with E-state index in [4.69, 9.17) is 0 Å². The Kier molecular flexibility index (Phi) is 4.88. The fraction of sp³-hybridized carbons (Fsp3) is 0.333. The third-order valence-electron chi connectivity index (χ3n) is 4.06. The maximum Gasteiger partial charge on any atom is 0.321 e. The summed E-state index contributed by atoms with van der Waals surface area (Å²) in [4.78, 5) is 20.7. The monoisotopic (exact) mass is 310 g/mol. The molecule has 1 aliphatic rings. The molecule has 0 aliphatic carbocycles. The summed E-state index contributed by atoms with van der Waals surface area (Å²) in [5.74, 6) is 0. The molecule has 0 unspecified atom stereocenters. The molecular formula is C18H22N4O. The van der Waals surface area contributed by atoms with Crippen LogP contribution in [0.25, 0.3) is 0 Å². The highest BCUT2D eigenvalue weighted by molar-refractivity contribution is 5.89. The first-order valence-corrected chi connectivity index (χ1v) is 7.94. The predicted octanol–water partition coefficient (Wildman–Crippen LogP) is 2.74. The van der Waals surface area contributed by atoms with Crippen molar-refractivity contribution in [2.75, 3.05) is 31.5 Å². The molecule has 0 saturated carbocycles. The van der Waals surface area contributed by atoms with Crippen molar-refractivity contribution in [2.24, 2.45) is 0 Å². The molecule has 0 radical (unpaired) electrons. The summed E-state index contributed by atoms with van der Waals surface area (Å²) in [7, 11) is 0. The minimum Gasteiger partial charge on any atom is -0.322 e. The van der Waals surface area contributed by atoms with E-state index >= 15 is 0 Å². The van der Waals surface area contributed by atoms with Crippen molar-refractivity contribution >= 4 is 11.7 Å². The Morgan fingerprint density at radius 3 is 2.70 bits per heavy atom. The topological polar surface area (TPSA) is 48.5 Å². The number of rotatable bonds is 3. The number of urea groups is 1. The molecule has 3 rings (SSSR count). The maximum absolute atomic E-state index is 12.3. The van der Waals surface area contributed by atoms with Crippen LogP contribution in [0.2, 0.25) is 0 Å². The average molecular weight is 310 g/mol. The van der Waals surface area contributed by atoms with Crippen LogP contribution in [0.4, 0.5) is 10.5 Å². The highest BCUT2D eigenvalue weighted by Gasteiger charge is 2.21. The molecule has 5 nitrogen and oxygen atoms in total. The molecule has 23 heavy (non-hydrogen) atoms. The molecule has 1 saturated heterocycles. The maximum atomic E-state index is 12.3. The van der Waals surface area contributed by atoms with Gasteiger partial charge in [-0.15, -0.1) is 0 Å². The number of anilines is 1. The van der Waals surface area contributed by atoms with E-state index < -0.39 is 0 Å². The first-order valence-electron chi connectivity index (χ1n) is 7.94. The Labute approximate surface area is 136 Å². The van der Waals surface area contributed by atoms with Gasteiger partial charge in [0, 0.05) is 50.8 Å². The second-order valence-corrected chi connectivity index (χ2v) is 5.92. The zero-order chi connectivity index (χ0) is 16.1. The van der Waals surface area contributed by atoms with Crippen LogP contribution in [0.3, 0.4) is 0 Å². The summed E-state index contributed by atoms with van der Waals surface area (Å²) in [6.45, 7) is 6.18. The fourth-order valence-electron chi connectivity index (χ4n) is 2.78. The van der Waals surface area contributed by atoms with E-state index in [9.17, 15) is 4.79 Å². The van der Waals surface area contributed by atoms with Crippen LogP contribution in [-0.2, 0) is 6.54 Å². The number of hydrogen-bond acceptors (Lipinski definition) is 3. The Morgan fingerprint density at radius 2 is 2.00 bits per heavy atom. The molecule has 1 aromatic carbocycles. The van der Waals surface area contributed by atoms with Gasteiger partial charge in [-0.1, -0.05) is 18.2 Å². The summed E-state index contributed by atoms with van der Waals surface area (Å²) in [6.07, 6.45) is 3.69. The summed E-state index contributed by atoms with van der Waals surface area (Å²) < 4.78 is 0. The first-order chi connectivity index (χ1) is 11.2. The third kappa shape index (κ3) is 4.29. The van der Waals surface area contributed by atoms with Crippen LogP contribution in [0.1, 0.15) is 11.1 Å². The average Bonchev–Trinajstić information content (AvgIpc) is 2.56. The summed E-state index contributed by atoms with van der Waals surface area (Å²) in [6, 6.07) is 11.9. The van der Waals surface area contributed by atoms with Gasteiger partial charge in [-0.05, 0) is 36.2 Å². The van der Waals surface area contributed by atoms with Crippen molar-refractivity contribution in [1.82, 2.24) is 14.8 Å². The molecule has 5 heteroatoms. The van der Waals surface area contributed by atoms with Crippen LogP contribution >= 0.6 is 0 Å². The molecular weight excluding hydrogens is 288 g/mol. The second kappa shape index (κ2) is 7.24. The quantitative estimate of drug-likeness (QED) is 0.948. The molecule has 2 aromatic rings. The zero-order valence-electron chi connectivity index (χ0n) is 13.4. The second-order valence-electron chi connectivity index (χ2n) is 5.92. The minimum atomic E-state index is -0.0170. The zero-order valence-corrected chi connectivity index (χ0v) is 13.4. The summed E-state index contributed by atoms with van der Waals surface area (Å²) in [5.41, 5.74) is 3.21. The molecule has 1 aromatic heterocycles. The lowest BCUT2D eigenvalue weighted by Gasteiger charge is -2.34. The number of benzene rings is 1. The van der Waals surface area contributed by atoms with Gasteiger partial charge < -0.3 is 10.2 Å². The van der Waals surface area contributed by atoms with Gasteiger partial charge in [-0.3, -0.25) is 9.88 Å². The number of nitrogens with one attached hydrogen (secondary N) is 1. The smallest absolute Gasteiger partial charge is 0.321 e. The molecule has 1 fully saturated rings. The van der Waals surface area contributed by atoms with Crippen molar-refractivity contribution in [3.63, 3.8) is 0 Å². The fourth-order valence-corrected chi connectivity index (χ4v) is 2.78. The molecule has 2 heterocycles. The molecule has 0 atom stereocenters. The third-order valence-corrected chi connectivity index (χ3v) is 4.06. The number of carbonyl (C=O) groups excluding carboxylic acids is 1. The lowest BCUT2D eigenvalue weighted by Crippen LogP contribution is -2.49. The van der Waals surface area contributed by atoms with Crippen LogP contribution < -0.4 is 5.32 Å². The highest BCUT2D eigenvalue weighted by atomic mass is 16.2. The standard InChI is InChI=1S/C18H22N4O/c1-15-4-2-6-17(12-15)20-18(23)22-10-8-21(9-11-22)14-16-5-3-7-19-13-16/h2-7,12-13H,8-11,14H2,1H3,(H,20,23). The van der Waals surface area contributed by atoms with E-state index in [1.807, 2.05) is 48.4 Å². The van der Waals surface area contributed by atoms with Crippen molar-refractivity contribution < 1.29 is 4.79 Å².